The third kappa shape index (κ3) is 3.57. The molecule has 1 heterocycles. The first-order valence-electron chi connectivity index (χ1n) is 4.54. The Morgan fingerprint density at radius 2 is 2.29 bits per heavy atom. The molecule has 1 rings (SSSR count). The summed E-state index contributed by atoms with van der Waals surface area (Å²) in [5, 5.41) is 0. The van der Waals surface area contributed by atoms with Crippen molar-refractivity contribution in [3.63, 3.8) is 0 Å². The Bertz CT molecular complexity index is 281. The Morgan fingerprint density at radius 1 is 1.50 bits per heavy atom. The SMILES string of the molecule is CCOCC(C)Oc1cncc(N)n1. The molecule has 0 amide bonds. The Kier molecular flexibility index (Phi) is 4.12. The molecule has 0 spiro atoms. The van der Waals surface area contributed by atoms with E-state index in [9.17, 15) is 0 Å². The molecule has 78 valence electrons. The average Bonchev–Trinajstić information content (AvgIpc) is 2.15. The molecule has 1 atom stereocenters. The standard InChI is InChI=1S/C9H15N3O2/c1-3-13-6-7(2)14-9-5-11-4-8(10)12-9/h4-5,7H,3,6H2,1-2H3,(H2,10,12). The lowest BCUT2D eigenvalue weighted by atomic mass is 10.4. The minimum absolute atomic E-state index is 0.0500. The van der Waals surface area contributed by atoms with Gasteiger partial charge in [0.15, 0.2) is 0 Å². The molecule has 2 N–H and O–H groups in total. The molecule has 0 aliphatic carbocycles. The highest BCUT2D eigenvalue weighted by Crippen LogP contribution is 2.08. The van der Waals surface area contributed by atoms with Gasteiger partial charge in [-0.25, -0.2) is 0 Å². The first-order valence-corrected chi connectivity index (χ1v) is 4.54. The lowest BCUT2D eigenvalue weighted by Gasteiger charge is -2.13. The summed E-state index contributed by atoms with van der Waals surface area (Å²) in [5.74, 6) is 0.781. The van der Waals surface area contributed by atoms with E-state index in [0.29, 0.717) is 24.9 Å². The average molecular weight is 197 g/mol. The van der Waals surface area contributed by atoms with Gasteiger partial charge in [-0.2, -0.15) is 4.98 Å². The molecule has 0 saturated carbocycles. The number of nitrogens with two attached hydrogens (primary N) is 1. The lowest BCUT2D eigenvalue weighted by molar-refractivity contribution is 0.0632. The Labute approximate surface area is 83.3 Å². The Balaban J connectivity index is 2.43. The van der Waals surface area contributed by atoms with Gasteiger partial charge in [0, 0.05) is 6.61 Å². The van der Waals surface area contributed by atoms with E-state index in [1.165, 1.54) is 12.4 Å². The fourth-order valence-electron chi connectivity index (χ4n) is 0.943. The Morgan fingerprint density at radius 3 is 2.93 bits per heavy atom. The summed E-state index contributed by atoms with van der Waals surface area (Å²) in [5.41, 5.74) is 5.45. The predicted octanol–water partition coefficient (Wildman–Crippen LogP) is 0.863. The highest BCUT2D eigenvalue weighted by Gasteiger charge is 2.05. The van der Waals surface area contributed by atoms with E-state index >= 15 is 0 Å². The molecule has 1 aromatic heterocycles. The van der Waals surface area contributed by atoms with Crippen molar-refractivity contribution >= 4 is 5.82 Å². The number of ether oxygens (including phenoxy) is 2. The number of nitrogen functional groups attached to an aromatic ring is 1. The second-order valence-corrected chi connectivity index (χ2v) is 2.87. The molecule has 0 fully saturated rings. The summed E-state index contributed by atoms with van der Waals surface area (Å²) in [6.07, 6.45) is 2.95. The molecule has 0 radical (unpaired) electrons. The van der Waals surface area contributed by atoms with Crippen LogP contribution in [-0.2, 0) is 4.74 Å². The molecule has 5 heteroatoms. The summed E-state index contributed by atoms with van der Waals surface area (Å²) in [6, 6.07) is 0. The van der Waals surface area contributed by atoms with Crippen LogP contribution in [0.3, 0.4) is 0 Å². The zero-order chi connectivity index (χ0) is 10.4. The van der Waals surface area contributed by atoms with Crippen molar-refractivity contribution in [2.45, 2.75) is 20.0 Å². The smallest absolute Gasteiger partial charge is 0.234 e. The van der Waals surface area contributed by atoms with Crippen LogP contribution < -0.4 is 10.5 Å². The minimum Gasteiger partial charge on any atom is -0.471 e. The molecule has 14 heavy (non-hydrogen) atoms. The maximum absolute atomic E-state index is 5.45. The summed E-state index contributed by atoms with van der Waals surface area (Å²) in [4.78, 5) is 7.82. The van der Waals surface area contributed by atoms with Crippen LogP contribution in [0.1, 0.15) is 13.8 Å². The van der Waals surface area contributed by atoms with E-state index in [4.69, 9.17) is 15.2 Å². The van der Waals surface area contributed by atoms with E-state index < -0.39 is 0 Å². The minimum atomic E-state index is -0.0500. The summed E-state index contributed by atoms with van der Waals surface area (Å²) < 4.78 is 10.6. The molecule has 0 aromatic carbocycles. The third-order valence-electron chi connectivity index (χ3n) is 1.51. The van der Waals surface area contributed by atoms with Gasteiger partial charge < -0.3 is 15.2 Å². The quantitative estimate of drug-likeness (QED) is 0.758. The van der Waals surface area contributed by atoms with Gasteiger partial charge in [0.1, 0.15) is 11.9 Å². The monoisotopic (exact) mass is 197 g/mol. The fourth-order valence-corrected chi connectivity index (χ4v) is 0.943. The topological polar surface area (TPSA) is 70.3 Å². The number of nitrogens with zero attached hydrogens (tertiary/aromatic N) is 2. The van der Waals surface area contributed by atoms with Crippen LogP contribution in [0.4, 0.5) is 5.82 Å². The normalized spacial score (nSPS) is 12.4. The molecule has 5 nitrogen and oxygen atoms in total. The van der Waals surface area contributed by atoms with Crippen molar-refractivity contribution in [3.8, 4) is 5.88 Å². The van der Waals surface area contributed by atoms with Gasteiger partial charge in [-0.1, -0.05) is 0 Å². The number of hydrogen-bond donors (Lipinski definition) is 1. The van der Waals surface area contributed by atoms with E-state index in [1.54, 1.807) is 0 Å². The molecule has 1 unspecified atom stereocenters. The molecular weight excluding hydrogens is 182 g/mol. The first kappa shape index (κ1) is 10.7. The second kappa shape index (κ2) is 5.39. The molecule has 0 aliphatic heterocycles. The van der Waals surface area contributed by atoms with Crippen molar-refractivity contribution in [2.24, 2.45) is 0 Å². The highest BCUT2D eigenvalue weighted by atomic mass is 16.5. The number of rotatable bonds is 5. The van der Waals surface area contributed by atoms with E-state index in [1.807, 2.05) is 13.8 Å². The van der Waals surface area contributed by atoms with Crippen molar-refractivity contribution in [1.29, 1.82) is 0 Å². The van der Waals surface area contributed by atoms with Gasteiger partial charge >= 0.3 is 0 Å². The fraction of sp³-hybridized carbons (Fsp3) is 0.556. The Hall–Kier alpha value is -1.36. The zero-order valence-electron chi connectivity index (χ0n) is 8.43. The maximum atomic E-state index is 5.45. The van der Waals surface area contributed by atoms with Crippen LogP contribution >= 0.6 is 0 Å². The third-order valence-corrected chi connectivity index (χ3v) is 1.51. The van der Waals surface area contributed by atoms with Crippen LogP contribution in [0.2, 0.25) is 0 Å². The van der Waals surface area contributed by atoms with Gasteiger partial charge in [-0.3, -0.25) is 4.98 Å². The van der Waals surface area contributed by atoms with E-state index in [2.05, 4.69) is 9.97 Å². The van der Waals surface area contributed by atoms with Crippen molar-refractivity contribution in [3.05, 3.63) is 12.4 Å². The van der Waals surface area contributed by atoms with Crippen LogP contribution in [0.25, 0.3) is 0 Å². The second-order valence-electron chi connectivity index (χ2n) is 2.87. The molecule has 0 aliphatic rings. The number of hydrogen-bond acceptors (Lipinski definition) is 5. The van der Waals surface area contributed by atoms with Crippen molar-refractivity contribution in [1.82, 2.24) is 9.97 Å². The van der Waals surface area contributed by atoms with Crippen LogP contribution in [0.5, 0.6) is 5.88 Å². The van der Waals surface area contributed by atoms with Crippen molar-refractivity contribution in [2.75, 3.05) is 18.9 Å². The summed E-state index contributed by atoms with van der Waals surface area (Å²) in [7, 11) is 0. The van der Waals surface area contributed by atoms with Gasteiger partial charge in [0.25, 0.3) is 0 Å². The van der Waals surface area contributed by atoms with Gasteiger partial charge in [-0.05, 0) is 13.8 Å². The number of aromatic nitrogens is 2. The van der Waals surface area contributed by atoms with E-state index in [0.717, 1.165) is 0 Å². The summed E-state index contributed by atoms with van der Waals surface area (Å²) >= 11 is 0. The maximum Gasteiger partial charge on any atom is 0.234 e. The van der Waals surface area contributed by atoms with Gasteiger partial charge in [0.2, 0.25) is 5.88 Å². The van der Waals surface area contributed by atoms with Gasteiger partial charge in [-0.15, -0.1) is 0 Å². The largest absolute Gasteiger partial charge is 0.471 e. The molecular formula is C9H15N3O2. The predicted molar refractivity (Wildman–Crippen MR) is 53.0 cm³/mol. The first-order chi connectivity index (χ1) is 6.72. The highest BCUT2D eigenvalue weighted by molar-refractivity contribution is 5.26. The van der Waals surface area contributed by atoms with Crippen LogP contribution in [-0.4, -0.2) is 29.3 Å². The van der Waals surface area contributed by atoms with Gasteiger partial charge in [0.05, 0.1) is 19.0 Å². The molecule has 1 aromatic rings. The molecule has 0 bridgehead atoms. The zero-order valence-corrected chi connectivity index (χ0v) is 8.43. The van der Waals surface area contributed by atoms with Crippen LogP contribution in [0, 0.1) is 0 Å². The lowest BCUT2D eigenvalue weighted by Crippen LogP contribution is -2.19. The number of anilines is 1. The molecule has 0 saturated heterocycles. The van der Waals surface area contributed by atoms with E-state index in [-0.39, 0.29) is 6.10 Å². The summed E-state index contributed by atoms with van der Waals surface area (Å²) in [6.45, 7) is 5.05. The van der Waals surface area contributed by atoms with Crippen molar-refractivity contribution < 1.29 is 9.47 Å². The van der Waals surface area contributed by atoms with Crippen LogP contribution in [0.15, 0.2) is 12.4 Å².